The molecule has 0 unspecified atom stereocenters. The van der Waals surface area contributed by atoms with E-state index in [1.165, 1.54) is 13.2 Å². The van der Waals surface area contributed by atoms with Crippen LogP contribution in [0.1, 0.15) is 16.8 Å². The van der Waals surface area contributed by atoms with E-state index in [4.69, 9.17) is 9.84 Å². The van der Waals surface area contributed by atoms with Gasteiger partial charge in [0.05, 0.1) is 24.2 Å². The third-order valence-electron chi connectivity index (χ3n) is 5.07. The van der Waals surface area contributed by atoms with Gasteiger partial charge < -0.3 is 4.74 Å². The molecule has 31 heavy (non-hydrogen) atoms. The minimum Gasteiger partial charge on any atom is -0.494 e. The van der Waals surface area contributed by atoms with Crippen molar-refractivity contribution in [3.05, 3.63) is 89.9 Å². The number of hydrogen-bond acceptors (Lipinski definition) is 5. The van der Waals surface area contributed by atoms with Crippen LogP contribution in [0.5, 0.6) is 5.75 Å². The standard InChI is InChI=1S/C24H24FN5O/c1-17-6-4-5-7-22(17)30-15-19(14-29(2)16-20-13-26-10-11-27-20)24(28-30)18-8-9-23(31-3)21(25)12-18/h4-13,15H,14,16H2,1-3H3. The van der Waals surface area contributed by atoms with Crippen molar-refractivity contribution in [2.75, 3.05) is 14.2 Å². The Bertz CT molecular complexity index is 1180. The van der Waals surface area contributed by atoms with E-state index < -0.39 is 5.82 Å². The number of aromatic nitrogens is 4. The Morgan fingerprint density at radius 2 is 1.94 bits per heavy atom. The highest BCUT2D eigenvalue weighted by Gasteiger charge is 2.17. The van der Waals surface area contributed by atoms with Crippen molar-refractivity contribution in [3.8, 4) is 22.7 Å². The number of benzene rings is 2. The first-order valence-corrected chi connectivity index (χ1v) is 9.97. The van der Waals surface area contributed by atoms with Gasteiger partial charge in [0.1, 0.15) is 0 Å². The molecule has 4 aromatic rings. The summed E-state index contributed by atoms with van der Waals surface area (Å²) in [5.74, 6) is -0.201. The lowest BCUT2D eigenvalue weighted by Crippen LogP contribution is -2.18. The average Bonchev–Trinajstić information content (AvgIpc) is 3.18. The van der Waals surface area contributed by atoms with Crippen LogP contribution in [0.15, 0.2) is 67.3 Å². The van der Waals surface area contributed by atoms with Gasteiger partial charge in [0.25, 0.3) is 0 Å². The fourth-order valence-corrected chi connectivity index (χ4v) is 3.56. The lowest BCUT2D eigenvalue weighted by Gasteiger charge is -2.16. The molecule has 0 aliphatic carbocycles. The van der Waals surface area contributed by atoms with Gasteiger partial charge in [0, 0.05) is 49.0 Å². The highest BCUT2D eigenvalue weighted by atomic mass is 19.1. The highest BCUT2D eigenvalue weighted by molar-refractivity contribution is 5.64. The zero-order valence-electron chi connectivity index (χ0n) is 17.8. The maximum Gasteiger partial charge on any atom is 0.165 e. The Hall–Kier alpha value is -3.58. The maximum absolute atomic E-state index is 14.4. The van der Waals surface area contributed by atoms with Crippen molar-refractivity contribution in [1.82, 2.24) is 24.6 Å². The van der Waals surface area contributed by atoms with E-state index in [-0.39, 0.29) is 5.75 Å². The molecule has 0 amide bonds. The number of methoxy groups -OCH3 is 1. The maximum atomic E-state index is 14.4. The molecule has 0 aliphatic heterocycles. The molecule has 0 saturated heterocycles. The Kier molecular flexibility index (Phi) is 6.04. The molecule has 0 spiro atoms. The Balaban J connectivity index is 1.71. The van der Waals surface area contributed by atoms with Gasteiger partial charge >= 0.3 is 0 Å². The summed E-state index contributed by atoms with van der Waals surface area (Å²) in [7, 11) is 3.47. The summed E-state index contributed by atoms with van der Waals surface area (Å²) in [6.45, 7) is 3.30. The van der Waals surface area contributed by atoms with E-state index in [0.717, 1.165) is 28.2 Å². The molecule has 6 nitrogen and oxygen atoms in total. The van der Waals surface area contributed by atoms with E-state index in [2.05, 4.69) is 14.9 Å². The van der Waals surface area contributed by atoms with Gasteiger partial charge in [-0.15, -0.1) is 0 Å². The lowest BCUT2D eigenvalue weighted by molar-refractivity contribution is 0.315. The molecule has 0 saturated carbocycles. The molecule has 0 radical (unpaired) electrons. The fourth-order valence-electron chi connectivity index (χ4n) is 3.56. The molecule has 2 aromatic carbocycles. The highest BCUT2D eigenvalue weighted by Crippen LogP contribution is 2.29. The van der Waals surface area contributed by atoms with Crippen LogP contribution in [0.3, 0.4) is 0 Å². The summed E-state index contributed by atoms with van der Waals surface area (Å²) in [6, 6.07) is 13.0. The third-order valence-corrected chi connectivity index (χ3v) is 5.07. The zero-order chi connectivity index (χ0) is 21.8. The second kappa shape index (κ2) is 9.06. The SMILES string of the molecule is COc1ccc(-c2nn(-c3ccccc3C)cc2CN(C)Cc2cnccn2)cc1F. The molecule has 0 atom stereocenters. The van der Waals surface area contributed by atoms with Crippen LogP contribution in [-0.4, -0.2) is 38.8 Å². The van der Waals surface area contributed by atoms with Crippen LogP contribution < -0.4 is 4.74 Å². The summed E-state index contributed by atoms with van der Waals surface area (Å²) in [6.07, 6.45) is 7.11. The van der Waals surface area contributed by atoms with Crippen molar-refractivity contribution < 1.29 is 9.13 Å². The van der Waals surface area contributed by atoms with Crippen LogP contribution in [0, 0.1) is 12.7 Å². The predicted molar refractivity (Wildman–Crippen MR) is 117 cm³/mol. The topological polar surface area (TPSA) is 56.1 Å². The second-order valence-corrected chi connectivity index (χ2v) is 7.45. The lowest BCUT2D eigenvalue weighted by atomic mass is 10.1. The van der Waals surface area contributed by atoms with Gasteiger partial charge in [-0.25, -0.2) is 9.07 Å². The van der Waals surface area contributed by atoms with Gasteiger partial charge in [-0.05, 0) is 43.8 Å². The molecule has 0 N–H and O–H groups in total. The first kappa shape index (κ1) is 20.7. The van der Waals surface area contributed by atoms with E-state index >= 15 is 0 Å². The third kappa shape index (κ3) is 4.62. The minimum atomic E-state index is -0.413. The molecule has 0 aliphatic rings. The number of rotatable bonds is 7. The Morgan fingerprint density at radius 3 is 2.65 bits per heavy atom. The molecular formula is C24H24FN5O. The summed E-state index contributed by atoms with van der Waals surface area (Å²) in [5.41, 5.74) is 5.40. The van der Waals surface area contributed by atoms with Crippen molar-refractivity contribution in [1.29, 1.82) is 0 Å². The quantitative estimate of drug-likeness (QED) is 0.446. The zero-order valence-corrected chi connectivity index (χ0v) is 17.8. The number of para-hydroxylation sites is 1. The van der Waals surface area contributed by atoms with Crippen LogP contribution in [-0.2, 0) is 13.1 Å². The van der Waals surface area contributed by atoms with Crippen LogP contribution in [0.4, 0.5) is 4.39 Å². The van der Waals surface area contributed by atoms with Crippen molar-refractivity contribution in [2.24, 2.45) is 0 Å². The van der Waals surface area contributed by atoms with Crippen molar-refractivity contribution in [2.45, 2.75) is 20.0 Å². The molecule has 2 heterocycles. The van der Waals surface area contributed by atoms with E-state index in [1.54, 1.807) is 24.7 Å². The van der Waals surface area contributed by atoms with Gasteiger partial charge in [-0.3, -0.25) is 14.9 Å². The molecule has 4 rings (SSSR count). The van der Waals surface area contributed by atoms with E-state index in [0.29, 0.717) is 18.7 Å². The number of ether oxygens (including phenoxy) is 1. The normalized spacial score (nSPS) is 11.1. The summed E-state index contributed by atoms with van der Waals surface area (Å²) >= 11 is 0. The number of nitrogens with zero attached hydrogens (tertiary/aromatic N) is 5. The molecule has 7 heteroatoms. The Morgan fingerprint density at radius 1 is 1.10 bits per heavy atom. The largest absolute Gasteiger partial charge is 0.494 e. The number of halogens is 1. The summed E-state index contributed by atoms with van der Waals surface area (Å²) < 4.78 is 21.4. The van der Waals surface area contributed by atoms with Gasteiger partial charge in [-0.2, -0.15) is 5.10 Å². The van der Waals surface area contributed by atoms with Crippen LogP contribution in [0.25, 0.3) is 16.9 Å². The molecule has 0 fully saturated rings. The summed E-state index contributed by atoms with van der Waals surface area (Å²) in [4.78, 5) is 10.6. The second-order valence-electron chi connectivity index (χ2n) is 7.45. The van der Waals surface area contributed by atoms with E-state index in [9.17, 15) is 4.39 Å². The summed E-state index contributed by atoms with van der Waals surface area (Å²) in [5, 5.41) is 4.82. The van der Waals surface area contributed by atoms with Crippen LogP contribution in [0.2, 0.25) is 0 Å². The Labute approximate surface area is 181 Å². The van der Waals surface area contributed by atoms with Gasteiger partial charge in [0.2, 0.25) is 0 Å². The van der Waals surface area contributed by atoms with Crippen molar-refractivity contribution >= 4 is 0 Å². The smallest absolute Gasteiger partial charge is 0.165 e. The average molecular weight is 417 g/mol. The molecule has 0 bridgehead atoms. The first-order valence-electron chi connectivity index (χ1n) is 9.97. The molecular weight excluding hydrogens is 393 g/mol. The minimum absolute atomic E-state index is 0.211. The predicted octanol–water partition coefficient (Wildman–Crippen LogP) is 4.42. The number of aryl methyl sites for hydroxylation is 1. The molecule has 2 aromatic heterocycles. The van der Waals surface area contributed by atoms with Crippen LogP contribution >= 0.6 is 0 Å². The van der Waals surface area contributed by atoms with Crippen molar-refractivity contribution in [3.63, 3.8) is 0 Å². The number of hydrogen-bond donors (Lipinski definition) is 0. The first-order chi connectivity index (χ1) is 15.0. The molecule has 158 valence electrons. The monoisotopic (exact) mass is 417 g/mol. The van der Waals surface area contributed by atoms with E-state index in [1.807, 2.05) is 55.2 Å². The van der Waals surface area contributed by atoms with Gasteiger partial charge in [0.15, 0.2) is 11.6 Å². The van der Waals surface area contributed by atoms with Gasteiger partial charge in [-0.1, -0.05) is 18.2 Å². The fraction of sp³-hybridized carbons (Fsp3) is 0.208.